The van der Waals surface area contributed by atoms with E-state index >= 15 is 0 Å². The van der Waals surface area contributed by atoms with Gasteiger partial charge in [0.15, 0.2) is 0 Å². The van der Waals surface area contributed by atoms with Crippen molar-refractivity contribution in [2.24, 2.45) is 0 Å². The zero-order chi connectivity index (χ0) is 13.7. The maximum Gasteiger partial charge on any atom is 0.137 e. The van der Waals surface area contributed by atoms with Gasteiger partial charge in [0.25, 0.3) is 0 Å². The number of nitrogens with one attached hydrogen (secondary N) is 1. The van der Waals surface area contributed by atoms with Crippen molar-refractivity contribution in [3.63, 3.8) is 0 Å². The van der Waals surface area contributed by atoms with Crippen molar-refractivity contribution in [2.45, 2.75) is 13.0 Å². The Labute approximate surface area is 125 Å². The highest BCUT2D eigenvalue weighted by molar-refractivity contribution is 9.10. The van der Waals surface area contributed by atoms with Crippen LogP contribution < -0.4 is 5.32 Å². The van der Waals surface area contributed by atoms with Crippen LogP contribution in [0.25, 0.3) is 0 Å². The zero-order valence-corrected chi connectivity index (χ0v) is 12.6. The standard InChI is InChI=1S/C15H14BrClFN/c16-14-6-3-12(9-15(14)18)10-19-8-7-11-1-4-13(17)5-2-11/h1-6,9,19H,7-8,10H2. The van der Waals surface area contributed by atoms with Crippen molar-refractivity contribution < 1.29 is 4.39 Å². The van der Waals surface area contributed by atoms with E-state index in [-0.39, 0.29) is 5.82 Å². The van der Waals surface area contributed by atoms with Gasteiger partial charge in [-0.1, -0.05) is 29.8 Å². The van der Waals surface area contributed by atoms with E-state index in [1.807, 2.05) is 30.3 Å². The molecule has 1 N–H and O–H groups in total. The Morgan fingerprint density at radius 3 is 2.42 bits per heavy atom. The molecule has 0 heterocycles. The summed E-state index contributed by atoms with van der Waals surface area (Å²) < 4.78 is 13.8. The number of hydrogen-bond acceptors (Lipinski definition) is 1. The van der Waals surface area contributed by atoms with Crippen molar-refractivity contribution in [3.8, 4) is 0 Å². The van der Waals surface area contributed by atoms with E-state index in [0.29, 0.717) is 11.0 Å². The summed E-state index contributed by atoms with van der Waals surface area (Å²) >= 11 is 8.97. The fourth-order valence-corrected chi connectivity index (χ4v) is 2.14. The van der Waals surface area contributed by atoms with E-state index in [1.54, 1.807) is 12.1 Å². The predicted molar refractivity (Wildman–Crippen MR) is 81.0 cm³/mol. The molecule has 0 spiro atoms. The van der Waals surface area contributed by atoms with Gasteiger partial charge in [-0.3, -0.25) is 0 Å². The monoisotopic (exact) mass is 341 g/mol. The molecule has 0 unspecified atom stereocenters. The molecular weight excluding hydrogens is 329 g/mol. The van der Waals surface area contributed by atoms with Crippen LogP contribution in [0.2, 0.25) is 5.02 Å². The first kappa shape index (κ1) is 14.5. The zero-order valence-electron chi connectivity index (χ0n) is 10.3. The molecule has 0 amide bonds. The molecule has 0 atom stereocenters. The normalized spacial score (nSPS) is 10.7. The molecule has 0 saturated carbocycles. The van der Waals surface area contributed by atoms with E-state index in [4.69, 9.17) is 11.6 Å². The Kier molecular flexibility index (Phi) is 5.37. The lowest BCUT2D eigenvalue weighted by Gasteiger charge is -2.06. The molecule has 100 valence electrons. The molecule has 0 radical (unpaired) electrons. The topological polar surface area (TPSA) is 12.0 Å². The fraction of sp³-hybridized carbons (Fsp3) is 0.200. The maximum atomic E-state index is 13.3. The first-order valence-electron chi connectivity index (χ1n) is 6.04. The second kappa shape index (κ2) is 7.04. The van der Waals surface area contributed by atoms with Gasteiger partial charge < -0.3 is 5.32 Å². The number of rotatable bonds is 5. The van der Waals surface area contributed by atoms with Crippen molar-refractivity contribution in [1.29, 1.82) is 0 Å². The molecule has 0 aromatic heterocycles. The highest BCUT2D eigenvalue weighted by atomic mass is 79.9. The molecule has 0 aliphatic rings. The first-order chi connectivity index (χ1) is 9.15. The summed E-state index contributed by atoms with van der Waals surface area (Å²) in [5.41, 5.74) is 2.18. The SMILES string of the molecule is Fc1cc(CNCCc2ccc(Cl)cc2)ccc1Br. The lowest BCUT2D eigenvalue weighted by Crippen LogP contribution is -2.16. The summed E-state index contributed by atoms with van der Waals surface area (Å²) in [4.78, 5) is 0. The van der Waals surface area contributed by atoms with Crippen molar-refractivity contribution in [3.05, 3.63) is 68.9 Å². The molecule has 4 heteroatoms. The number of hydrogen-bond donors (Lipinski definition) is 1. The Balaban J connectivity index is 1.77. The van der Waals surface area contributed by atoms with Gasteiger partial charge >= 0.3 is 0 Å². The van der Waals surface area contributed by atoms with Gasteiger partial charge in [0, 0.05) is 11.6 Å². The smallest absolute Gasteiger partial charge is 0.137 e. The Bertz CT molecular complexity index is 542. The predicted octanol–water partition coefficient (Wildman–Crippen LogP) is 4.57. The lowest BCUT2D eigenvalue weighted by atomic mass is 10.1. The van der Waals surface area contributed by atoms with Crippen LogP contribution in [-0.4, -0.2) is 6.54 Å². The minimum absolute atomic E-state index is 0.225. The highest BCUT2D eigenvalue weighted by Gasteiger charge is 2.00. The second-order valence-corrected chi connectivity index (χ2v) is 5.59. The fourth-order valence-electron chi connectivity index (χ4n) is 1.77. The summed E-state index contributed by atoms with van der Waals surface area (Å²) in [5, 5.41) is 4.05. The van der Waals surface area contributed by atoms with E-state index in [1.165, 1.54) is 5.56 Å². The van der Waals surface area contributed by atoms with Crippen molar-refractivity contribution in [2.75, 3.05) is 6.54 Å². The molecule has 0 bridgehead atoms. The highest BCUT2D eigenvalue weighted by Crippen LogP contribution is 2.16. The molecule has 0 saturated heterocycles. The summed E-state index contributed by atoms with van der Waals surface area (Å²) in [6.45, 7) is 1.51. The third-order valence-corrected chi connectivity index (χ3v) is 3.71. The van der Waals surface area contributed by atoms with Crippen LogP contribution in [0, 0.1) is 5.82 Å². The summed E-state index contributed by atoms with van der Waals surface area (Å²) in [6, 6.07) is 13.0. The molecule has 2 aromatic rings. The Hall–Kier alpha value is -0.900. The van der Waals surface area contributed by atoms with E-state index in [2.05, 4.69) is 21.2 Å². The number of halogens is 3. The van der Waals surface area contributed by atoms with E-state index in [0.717, 1.165) is 23.6 Å². The summed E-state index contributed by atoms with van der Waals surface area (Å²) in [6.07, 6.45) is 0.927. The molecule has 1 nitrogen and oxygen atoms in total. The average molecular weight is 343 g/mol. The second-order valence-electron chi connectivity index (χ2n) is 4.30. The molecular formula is C15H14BrClFN. The molecule has 2 rings (SSSR count). The van der Waals surface area contributed by atoms with Gasteiger partial charge in [-0.05, 0) is 64.3 Å². The Morgan fingerprint density at radius 2 is 1.74 bits per heavy atom. The van der Waals surface area contributed by atoms with Crippen LogP contribution in [-0.2, 0) is 13.0 Å². The quantitative estimate of drug-likeness (QED) is 0.785. The molecule has 0 aliphatic heterocycles. The van der Waals surface area contributed by atoms with Crippen LogP contribution in [0.3, 0.4) is 0 Å². The lowest BCUT2D eigenvalue weighted by molar-refractivity contribution is 0.614. The van der Waals surface area contributed by atoms with Crippen LogP contribution in [0.4, 0.5) is 4.39 Å². The third kappa shape index (κ3) is 4.60. The van der Waals surface area contributed by atoms with E-state index in [9.17, 15) is 4.39 Å². The van der Waals surface area contributed by atoms with E-state index < -0.39 is 0 Å². The van der Waals surface area contributed by atoms with Crippen LogP contribution in [0.5, 0.6) is 0 Å². The molecule has 19 heavy (non-hydrogen) atoms. The van der Waals surface area contributed by atoms with Gasteiger partial charge in [-0.2, -0.15) is 0 Å². The van der Waals surface area contributed by atoms with Crippen molar-refractivity contribution in [1.82, 2.24) is 5.32 Å². The summed E-state index contributed by atoms with van der Waals surface area (Å²) in [7, 11) is 0. The van der Waals surface area contributed by atoms with Crippen LogP contribution in [0.15, 0.2) is 46.9 Å². The molecule has 0 fully saturated rings. The van der Waals surface area contributed by atoms with Gasteiger partial charge in [0.05, 0.1) is 4.47 Å². The van der Waals surface area contributed by atoms with Gasteiger partial charge in [0.2, 0.25) is 0 Å². The largest absolute Gasteiger partial charge is 0.312 e. The van der Waals surface area contributed by atoms with Crippen molar-refractivity contribution >= 4 is 27.5 Å². The van der Waals surface area contributed by atoms with Crippen LogP contribution >= 0.6 is 27.5 Å². The van der Waals surface area contributed by atoms with Crippen LogP contribution in [0.1, 0.15) is 11.1 Å². The average Bonchev–Trinajstić information content (AvgIpc) is 2.41. The first-order valence-corrected chi connectivity index (χ1v) is 7.21. The van der Waals surface area contributed by atoms with Gasteiger partial charge in [0.1, 0.15) is 5.82 Å². The number of benzene rings is 2. The Morgan fingerprint density at radius 1 is 1.05 bits per heavy atom. The minimum Gasteiger partial charge on any atom is -0.312 e. The molecule has 2 aromatic carbocycles. The summed E-state index contributed by atoms with van der Waals surface area (Å²) in [5.74, 6) is -0.225. The maximum absolute atomic E-state index is 13.3. The third-order valence-electron chi connectivity index (χ3n) is 2.82. The van der Waals surface area contributed by atoms with Gasteiger partial charge in [-0.25, -0.2) is 4.39 Å². The minimum atomic E-state index is -0.225. The molecule has 0 aliphatic carbocycles. The van der Waals surface area contributed by atoms with Gasteiger partial charge in [-0.15, -0.1) is 0 Å².